The number of rotatable bonds is 4. The highest BCUT2D eigenvalue weighted by atomic mass is 32.2. The van der Waals surface area contributed by atoms with Crippen LogP contribution in [0.5, 0.6) is 0 Å². The van der Waals surface area contributed by atoms with Gasteiger partial charge in [0.1, 0.15) is 0 Å². The molecule has 0 saturated carbocycles. The lowest BCUT2D eigenvalue weighted by Crippen LogP contribution is -2.43. The average Bonchev–Trinajstić information content (AvgIpc) is 2.73. The zero-order chi connectivity index (χ0) is 11.4. The van der Waals surface area contributed by atoms with E-state index in [1.807, 2.05) is 29.6 Å². The molecule has 16 heavy (non-hydrogen) atoms. The Kier molecular flexibility index (Phi) is 4.01. The number of Topliss-reactive ketones (excluding diaryl/α,β-unsaturated/α-hetero) is 1. The van der Waals surface area contributed by atoms with Crippen molar-refractivity contribution in [1.82, 2.24) is 15.1 Å². The molecule has 1 N–H and O–H groups in total. The molecule has 1 aliphatic heterocycles. The molecule has 0 amide bonds. The summed E-state index contributed by atoms with van der Waals surface area (Å²) < 4.78 is 1.83. The van der Waals surface area contributed by atoms with E-state index in [1.165, 1.54) is 0 Å². The maximum Gasteiger partial charge on any atom is 0.150 e. The lowest BCUT2D eigenvalue weighted by molar-refractivity contribution is -0.120. The van der Waals surface area contributed by atoms with Crippen LogP contribution in [-0.4, -0.2) is 39.7 Å². The Hall–Kier alpha value is -0.810. The van der Waals surface area contributed by atoms with Crippen LogP contribution in [0.1, 0.15) is 12.1 Å². The van der Waals surface area contributed by atoms with E-state index >= 15 is 0 Å². The average molecular weight is 239 g/mol. The first kappa shape index (κ1) is 11.7. The largest absolute Gasteiger partial charge is 0.306 e. The Morgan fingerprint density at radius 1 is 1.75 bits per heavy atom. The highest BCUT2D eigenvalue weighted by molar-refractivity contribution is 7.99. The number of carbonyl (C=O) groups is 1. The van der Waals surface area contributed by atoms with E-state index < -0.39 is 0 Å². The van der Waals surface area contributed by atoms with Crippen LogP contribution in [0.3, 0.4) is 0 Å². The van der Waals surface area contributed by atoms with Crippen LogP contribution in [0.4, 0.5) is 0 Å². The summed E-state index contributed by atoms with van der Waals surface area (Å²) in [4.78, 5) is 11.9. The number of aromatic nitrogens is 2. The molecule has 1 aromatic rings. The molecule has 1 atom stereocenters. The fraction of sp³-hybridized carbons (Fsp3) is 0.636. The van der Waals surface area contributed by atoms with Gasteiger partial charge in [-0.15, -0.1) is 0 Å². The van der Waals surface area contributed by atoms with Crippen LogP contribution in [-0.2, 0) is 18.3 Å². The summed E-state index contributed by atoms with van der Waals surface area (Å²) in [6, 6.07) is 2.03. The molecule has 0 aromatic carbocycles. The molecule has 1 saturated heterocycles. The van der Waals surface area contributed by atoms with E-state index in [9.17, 15) is 4.79 Å². The van der Waals surface area contributed by atoms with Gasteiger partial charge in [-0.1, -0.05) is 0 Å². The van der Waals surface area contributed by atoms with Gasteiger partial charge in [-0.3, -0.25) is 9.48 Å². The highest BCUT2D eigenvalue weighted by Gasteiger charge is 2.20. The van der Waals surface area contributed by atoms with Crippen LogP contribution >= 0.6 is 11.8 Å². The first-order valence-electron chi connectivity index (χ1n) is 5.58. The van der Waals surface area contributed by atoms with E-state index in [-0.39, 0.29) is 6.04 Å². The standard InChI is InChI=1S/C11H17N3OS/c1-14-9(4-5-13-14)2-3-11(15)10-8-16-7-6-12-10/h4-5,10,12H,2-3,6-8H2,1H3. The fourth-order valence-corrected chi connectivity index (χ4v) is 2.81. The van der Waals surface area contributed by atoms with Gasteiger partial charge >= 0.3 is 0 Å². The van der Waals surface area contributed by atoms with Crippen molar-refractivity contribution in [2.45, 2.75) is 18.9 Å². The van der Waals surface area contributed by atoms with Gasteiger partial charge in [0.25, 0.3) is 0 Å². The second kappa shape index (κ2) is 5.50. The SMILES string of the molecule is Cn1nccc1CCC(=O)C1CSCCN1. The summed E-state index contributed by atoms with van der Waals surface area (Å²) in [6.45, 7) is 0.951. The van der Waals surface area contributed by atoms with Crippen molar-refractivity contribution in [3.63, 3.8) is 0 Å². The summed E-state index contributed by atoms with van der Waals surface area (Å²) in [7, 11) is 1.91. The quantitative estimate of drug-likeness (QED) is 0.837. The number of carbonyl (C=O) groups excluding carboxylic acids is 1. The van der Waals surface area contributed by atoms with Gasteiger partial charge in [-0.05, 0) is 12.5 Å². The van der Waals surface area contributed by atoms with E-state index in [0.29, 0.717) is 12.2 Å². The van der Waals surface area contributed by atoms with Gasteiger partial charge in [-0.2, -0.15) is 16.9 Å². The second-order valence-corrected chi connectivity index (χ2v) is 5.14. The zero-order valence-electron chi connectivity index (χ0n) is 9.48. The van der Waals surface area contributed by atoms with Crippen molar-refractivity contribution in [3.05, 3.63) is 18.0 Å². The predicted octanol–water partition coefficient (Wildman–Crippen LogP) is 0.627. The number of nitrogens with one attached hydrogen (secondary N) is 1. The molecule has 5 heteroatoms. The fourth-order valence-electron chi connectivity index (χ4n) is 1.84. The van der Waals surface area contributed by atoms with Crippen LogP contribution in [0.25, 0.3) is 0 Å². The number of hydrogen-bond donors (Lipinski definition) is 1. The summed E-state index contributed by atoms with van der Waals surface area (Å²) in [6.07, 6.45) is 3.17. The van der Waals surface area contributed by atoms with E-state index in [2.05, 4.69) is 10.4 Å². The summed E-state index contributed by atoms with van der Waals surface area (Å²) >= 11 is 1.86. The third-order valence-corrected chi connectivity index (χ3v) is 3.92. The molecule has 2 rings (SSSR count). The second-order valence-electron chi connectivity index (χ2n) is 3.99. The normalized spacial score (nSPS) is 20.9. The number of thioether (sulfide) groups is 1. The van der Waals surface area contributed by atoms with Crippen LogP contribution < -0.4 is 5.32 Å². The molecule has 1 unspecified atom stereocenters. The van der Waals surface area contributed by atoms with Crippen molar-refractivity contribution >= 4 is 17.5 Å². The van der Waals surface area contributed by atoms with E-state index in [1.54, 1.807) is 6.20 Å². The first-order chi connectivity index (χ1) is 7.77. The Morgan fingerprint density at radius 3 is 3.25 bits per heavy atom. The van der Waals surface area contributed by atoms with E-state index in [0.717, 1.165) is 30.2 Å². The van der Waals surface area contributed by atoms with Crippen molar-refractivity contribution in [3.8, 4) is 0 Å². The van der Waals surface area contributed by atoms with E-state index in [4.69, 9.17) is 0 Å². The molecule has 0 spiro atoms. The van der Waals surface area contributed by atoms with Crippen molar-refractivity contribution in [2.75, 3.05) is 18.1 Å². The van der Waals surface area contributed by atoms with Gasteiger partial charge in [0.05, 0.1) is 6.04 Å². The Balaban J connectivity index is 1.81. The first-order valence-corrected chi connectivity index (χ1v) is 6.73. The van der Waals surface area contributed by atoms with Crippen molar-refractivity contribution < 1.29 is 4.79 Å². The molecule has 1 aliphatic rings. The maximum absolute atomic E-state index is 11.9. The third kappa shape index (κ3) is 2.86. The molecule has 2 heterocycles. The molecule has 0 bridgehead atoms. The van der Waals surface area contributed by atoms with Crippen LogP contribution in [0, 0.1) is 0 Å². The number of aryl methyl sites for hydroxylation is 2. The Labute approximate surface area is 99.8 Å². The zero-order valence-corrected chi connectivity index (χ0v) is 10.3. The number of nitrogens with zero attached hydrogens (tertiary/aromatic N) is 2. The number of ketones is 1. The van der Waals surface area contributed by atoms with Gasteiger partial charge < -0.3 is 5.32 Å². The highest BCUT2D eigenvalue weighted by Crippen LogP contribution is 2.11. The minimum Gasteiger partial charge on any atom is -0.306 e. The van der Waals surface area contributed by atoms with Crippen molar-refractivity contribution in [2.24, 2.45) is 7.05 Å². The molecule has 88 valence electrons. The molecule has 0 radical (unpaired) electrons. The van der Waals surface area contributed by atoms with Gasteiger partial charge in [0.2, 0.25) is 0 Å². The van der Waals surface area contributed by atoms with Crippen LogP contribution in [0.2, 0.25) is 0 Å². The summed E-state index contributed by atoms with van der Waals surface area (Å²) in [5.74, 6) is 2.36. The molecule has 1 fully saturated rings. The summed E-state index contributed by atoms with van der Waals surface area (Å²) in [5.41, 5.74) is 1.12. The Bertz CT molecular complexity index is 358. The van der Waals surface area contributed by atoms with Crippen LogP contribution in [0.15, 0.2) is 12.3 Å². The Morgan fingerprint density at radius 2 is 2.62 bits per heavy atom. The molecule has 1 aromatic heterocycles. The third-order valence-electron chi connectivity index (χ3n) is 2.86. The minimum atomic E-state index is 0.0620. The van der Waals surface area contributed by atoms with Gasteiger partial charge in [0.15, 0.2) is 5.78 Å². The van der Waals surface area contributed by atoms with Gasteiger partial charge in [0, 0.05) is 43.4 Å². The summed E-state index contributed by atoms with van der Waals surface area (Å²) in [5, 5.41) is 7.36. The molecular formula is C11H17N3OS. The topological polar surface area (TPSA) is 46.9 Å². The lowest BCUT2D eigenvalue weighted by atomic mass is 10.1. The van der Waals surface area contributed by atoms with Gasteiger partial charge in [-0.25, -0.2) is 0 Å². The minimum absolute atomic E-state index is 0.0620. The predicted molar refractivity (Wildman–Crippen MR) is 65.7 cm³/mol. The molecule has 0 aliphatic carbocycles. The molecular weight excluding hydrogens is 222 g/mol. The smallest absolute Gasteiger partial charge is 0.150 e. The number of hydrogen-bond acceptors (Lipinski definition) is 4. The van der Waals surface area contributed by atoms with Crippen molar-refractivity contribution in [1.29, 1.82) is 0 Å². The lowest BCUT2D eigenvalue weighted by Gasteiger charge is -2.21. The maximum atomic E-state index is 11.9. The molecule has 4 nitrogen and oxygen atoms in total. The monoisotopic (exact) mass is 239 g/mol.